The Bertz CT molecular complexity index is 413. The molecule has 3 nitrogen and oxygen atoms in total. The summed E-state index contributed by atoms with van der Waals surface area (Å²) >= 11 is 13.4. The molecule has 0 saturated carbocycles. The molecule has 0 bridgehead atoms. The molecule has 0 fully saturated rings. The van der Waals surface area contributed by atoms with Crippen LogP contribution in [0.3, 0.4) is 0 Å². The van der Waals surface area contributed by atoms with Gasteiger partial charge in [-0.05, 0) is 31.4 Å². The van der Waals surface area contributed by atoms with E-state index in [4.69, 9.17) is 28.9 Å². The van der Waals surface area contributed by atoms with Gasteiger partial charge >= 0.3 is 0 Å². The number of nitrogens with one attached hydrogen (secondary N) is 1. The van der Waals surface area contributed by atoms with Gasteiger partial charge in [0.05, 0.1) is 15.6 Å². The molecule has 0 radical (unpaired) electrons. The topological polar surface area (TPSA) is 55.1 Å². The zero-order chi connectivity index (χ0) is 12.8. The Morgan fingerprint density at radius 2 is 2.12 bits per heavy atom. The fourth-order valence-electron chi connectivity index (χ4n) is 1.26. The number of hydrogen-bond donors (Lipinski definition) is 2. The second-order valence-electron chi connectivity index (χ2n) is 3.36. The third-order valence-corrected chi connectivity index (χ3v) is 3.67. The molecule has 17 heavy (non-hydrogen) atoms. The van der Waals surface area contributed by atoms with Crippen molar-refractivity contribution in [3.8, 4) is 0 Å². The van der Waals surface area contributed by atoms with E-state index in [9.17, 15) is 4.79 Å². The summed E-state index contributed by atoms with van der Waals surface area (Å²) in [4.78, 5) is 12.7. The van der Waals surface area contributed by atoms with Crippen molar-refractivity contribution in [2.24, 2.45) is 5.73 Å². The Labute approximate surface area is 115 Å². The molecular weight excluding hydrogens is 279 g/mol. The van der Waals surface area contributed by atoms with E-state index in [-0.39, 0.29) is 5.91 Å². The molecule has 1 aromatic carbocycles. The predicted octanol–water partition coefficient (Wildman–Crippen LogP) is 2.79. The van der Waals surface area contributed by atoms with Crippen molar-refractivity contribution >= 4 is 40.9 Å². The van der Waals surface area contributed by atoms with Crippen LogP contribution in [0.5, 0.6) is 0 Å². The number of thioether (sulfide) groups is 1. The fraction of sp³-hybridized carbons (Fsp3) is 0.364. The van der Waals surface area contributed by atoms with Crippen molar-refractivity contribution in [3.63, 3.8) is 0 Å². The summed E-state index contributed by atoms with van der Waals surface area (Å²) < 4.78 is 0. The lowest BCUT2D eigenvalue weighted by Crippen LogP contribution is -2.26. The van der Waals surface area contributed by atoms with Gasteiger partial charge in [-0.25, -0.2) is 0 Å². The summed E-state index contributed by atoms with van der Waals surface area (Å²) in [6, 6.07) is 3.29. The van der Waals surface area contributed by atoms with E-state index < -0.39 is 0 Å². The first kappa shape index (κ1) is 14.6. The highest BCUT2D eigenvalue weighted by atomic mass is 35.5. The molecule has 0 heterocycles. The van der Waals surface area contributed by atoms with Gasteiger partial charge in [0.2, 0.25) is 0 Å². The Morgan fingerprint density at radius 1 is 1.41 bits per heavy atom. The van der Waals surface area contributed by atoms with Crippen LogP contribution >= 0.6 is 35.0 Å². The van der Waals surface area contributed by atoms with Gasteiger partial charge in [0.15, 0.2) is 0 Å². The van der Waals surface area contributed by atoms with Crippen LogP contribution < -0.4 is 11.1 Å². The van der Waals surface area contributed by atoms with Gasteiger partial charge in [-0.2, -0.15) is 0 Å². The molecule has 0 spiro atoms. The van der Waals surface area contributed by atoms with Crippen LogP contribution in [0.2, 0.25) is 10.0 Å². The molecule has 0 aromatic heterocycles. The molecule has 0 aliphatic rings. The van der Waals surface area contributed by atoms with Gasteiger partial charge in [0.25, 0.3) is 5.91 Å². The number of carbonyl (C=O) groups is 1. The summed E-state index contributed by atoms with van der Waals surface area (Å²) in [5.41, 5.74) is 5.79. The Morgan fingerprint density at radius 3 is 2.71 bits per heavy atom. The number of benzene rings is 1. The lowest BCUT2D eigenvalue weighted by Gasteiger charge is -2.09. The monoisotopic (exact) mass is 292 g/mol. The van der Waals surface area contributed by atoms with E-state index >= 15 is 0 Å². The molecule has 0 saturated heterocycles. The number of nitrogens with two attached hydrogens (primary N) is 1. The van der Waals surface area contributed by atoms with Gasteiger partial charge < -0.3 is 11.1 Å². The van der Waals surface area contributed by atoms with Crippen molar-refractivity contribution in [1.29, 1.82) is 0 Å². The standard InChI is InChI=1S/C11H14Cl2N2OS/c1-17-10-5-7(8(12)6-9(10)13)11(16)15-4-2-3-14/h5-6H,2-4,14H2,1H3,(H,15,16). The van der Waals surface area contributed by atoms with Crippen LogP contribution in [0.4, 0.5) is 0 Å². The van der Waals surface area contributed by atoms with Crippen molar-refractivity contribution < 1.29 is 4.79 Å². The minimum Gasteiger partial charge on any atom is -0.352 e. The first-order valence-electron chi connectivity index (χ1n) is 5.11. The van der Waals surface area contributed by atoms with E-state index in [1.165, 1.54) is 11.8 Å². The first-order chi connectivity index (χ1) is 8.10. The highest BCUT2D eigenvalue weighted by Crippen LogP contribution is 2.31. The maximum atomic E-state index is 11.8. The zero-order valence-corrected chi connectivity index (χ0v) is 11.8. The Balaban J connectivity index is 2.85. The quantitative estimate of drug-likeness (QED) is 0.648. The molecule has 1 rings (SSSR count). The SMILES string of the molecule is CSc1cc(C(=O)NCCCN)c(Cl)cc1Cl. The highest BCUT2D eigenvalue weighted by molar-refractivity contribution is 7.98. The molecular formula is C11H14Cl2N2OS. The minimum absolute atomic E-state index is 0.199. The summed E-state index contributed by atoms with van der Waals surface area (Å²) in [6.45, 7) is 1.09. The maximum Gasteiger partial charge on any atom is 0.252 e. The number of halogens is 2. The molecule has 94 valence electrons. The molecule has 0 unspecified atom stereocenters. The molecule has 1 amide bonds. The first-order valence-corrected chi connectivity index (χ1v) is 7.09. The van der Waals surface area contributed by atoms with Crippen LogP contribution in [0.15, 0.2) is 17.0 Å². The van der Waals surface area contributed by atoms with Gasteiger partial charge in [0, 0.05) is 11.4 Å². The van der Waals surface area contributed by atoms with Gasteiger partial charge in [-0.15, -0.1) is 11.8 Å². The van der Waals surface area contributed by atoms with Crippen LogP contribution in [0, 0.1) is 0 Å². The second-order valence-corrected chi connectivity index (χ2v) is 5.03. The fourth-order valence-corrected chi connectivity index (χ4v) is 2.45. The average molecular weight is 293 g/mol. The summed E-state index contributed by atoms with van der Waals surface area (Å²) in [5, 5.41) is 3.67. The summed E-state index contributed by atoms with van der Waals surface area (Å²) in [5.74, 6) is -0.199. The number of carbonyl (C=O) groups excluding carboxylic acids is 1. The van der Waals surface area contributed by atoms with Crippen molar-refractivity contribution in [2.45, 2.75) is 11.3 Å². The second kappa shape index (κ2) is 7.11. The molecule has 6 heteroatoms. The maximum absolute atomic E-state index is 11.8. The lowest BCUT2D eigenvalue weighted by molar-refractivity contribution is 0.0953. The number of rotatable bonds is 5. The van der Waals surface area contributed by atoms with Crippen molar-refractivity contribution in [3.05, 3.63) is 27.7 Å². The van der Waals surface area contributed by atoms with Crippen LogP contribution in [-0.4, -0.2) is 25.3 Å². The van der Waals surface area contributed by atoms with E-state index in [0.29, 0.717) is 28.7 Å². The smallest absolute Gasteiger partial charge is 0.252 e. The molecule has 0 aliphatic heterocycles. The minimum atomic E-state index is -0.199. The normalized spacial score (nSPS) is 10.4. The molecule has 0 aliphatic carbocycles. The third kappa shape index (κ3) is 4.07. The van der Waals surface area contributed by atoms with Crippen LogP contribution in [0.1, 0.15) is 16.8 Å². The highest BCUT2D eigenvalue weighted by Gasteiger charge is 2.13. The molecule has 1 aromatic rings. The Kier molecular flexibility index (Phi) is 6.12. The van der Waals surface area contributed by atoms with Gasteiger partial charge in [-0.3, -0.25) is 4.79 Å². The predicted molar refractivity (Wildman–Crippen MR) is 74.2 cm³/mol. The average Bonchev–Trinajstić information content (AvgIpc) is 2.29. The van der Waals surface area contributed by atoms with Gasteiger partial charge in [-0.1, -0.05) is 23.2 Å². The third-order valence-electron chi connectivity index (χ3n) is 2.15. The van der Waals surface area contributed by atoms with E-state index in [0.717, 1.165) is 11.3 Å². The van der Waals surface area contributed by atoms with Crippen molar-refractivity contribution in [1.82, 2.24) is 5.32 Å². The van der Waals surface area contributed by atoms with Crippen LogP contribution in [0.25, 0.3) is 0 Å². The van der Waals surface area contributed by atoms with Gasteiger partial charge in [0.1, 0.15) is 0 Å². The zero-order valence-electron chi connectivity index (χ0n) is 9.43. The lowest BCUT2D eigenvalue weighted by atomic mass is 10.2. The summed E-state index contributed by atoms with van der Waals surface area (Å²) in [6.07, 6.45) is 2.64. The molecule has 0 atom stereocenters. The van der Waals surface area contributed by atoms with E-state index in [2.05, 4.69) is 5.32 Å². The number of amides is 1. The van der Waals surface area contributed by atoms with Crippen LogP contribution in [-0.2, 0) is 0 Å². The molecule has 3 N–H and O–H groups in total. The van der Waals surface area contributed by atoms with E-state index in [1.54, 1.807) is 12.1 Å². The number of hydrogen-bond acceptors (Lipinski definition) is 3. The van der Waals surface area contributed by atoms with Crippen molar-refractivity contribution in [2.75, 3.05) is 19.3 Å². The Hall–Kier alpha value is -0.420. The largest absolute Gasteiger partial charge is 0.352 e. The summed E-state index contributed by atoms with van der Waals surface area (Å²) in [7, 11) is 0. The van der Waals surface area contributed by atoms with E-state index in [1.807, 2.05) is 6.26 Å².